The molecule has 1 amide bonds. The molecule has 2 saturated heterocycles. The summed E-state index contributed by atoms with van der Waals surface area (Å²) in [6, 6.07) is 1.25. The van der Waals surface area contributed by atoms with Crippen molar-refractivity contribution < 1.29 is 4.79 Å². The average Bonchev–Trinajstić information content (AvgIpc) is 3.22. The lowest BCUT2D eigenvalue weighted by Crippen LogP contribution is -2.47. The predicted octanol–water partition coefficient (Wildman–Crippen LogP) is 2.09. The number of carbonyl (C=O) groups excluding carboxylic acids is 1. The summed E-state index contributed by atoms with van der Waals surface area (Å²) in [5, 5.41) is 6.74. The quantitative estimate of drug-likeness (QED) is 0.837. The number of likely N-dealkylation sites (tertiary alicyclic amines) is 1. The number of rotatable bonds is 6. The van der Waals surface area contributed by atoms with E-state index < -0.39 is 0 Å². The van der Waals surface area contributed by atoms with Crippen molar-refractivity contribution in [2.75, 3.05) is 44.6 Å². The van der Waals surface area contributed by atoms with E-state index in [-0.39, 0.29) is 5.91 Å². The first-order chi connectivity index (χ1) is 12.0. The van der Waals surface area contributed by atoms with E-state index in [1.54, 1.807) is 18.3 Å². The highest BCUT2D eigenvalue weighted by atomic mass is 32.1. The molecule has 2 aliphatic heterocycles. The summed E-state index contributed by atoms with van der Waals surface area (Å²) in [6.45, 7) is 12.8. The molecule has 1 N–H and O–H groups in total. The minimum absolute atomic E-state index is 0.183. The van der Waals surface area contributed by atoms with Crippen molar-refractivity contribution in [3.63, 3.8) is 0 Å². The molecule has 0 aromatic carbocycles. The fraction of sp³-hybridized carbons (Fsp3) is 0.778. The molecule has 2 fully saturated rings. The predicted molar refractivity (Wildman–Crippen MR) is 103 cm³/mol. The van der Waals surface area contributed by atoms with Crippen LogP contribution in [0.1, 0.15) is 39.3 Å². The zero-order valence-corrected chi connectivity index (χ0v) is 16.5. The molecule has 0 spiro atoms. The second kappa shape index (κ2) is 8.47. The van der Waals surface area contributed by atoms with E-state index in [1.165, 1.54) is 19.4 Å². The Morgan fingerprint density at radius 3 is 2.76 bits per heavy atom. The summed E-state index contributed by atoms with van der Waals surface area (Å²) in [5.41, 5.74) is 1.14. The summed E-state index contributed by atoms with van der Waals surface area (Å²) in [5.74, 6) is 0.183. The number of piperazine rings is 1. The van der Waals surface area contributed by atoms with Crippen LogP contribution in [0, 0.1) is 0 Å². The fourth-order valence-electron chi connectivity index (χ4n) is 3.87. The molecule has 3 heterocycles. The number of aromatic nitrogens is 1. The zero-order valence-electron chi connectivity index (χ0n) is 15.7. The van der Waals surface area contributed by atoms with Crippen LogP contribution in [-0.4, -0.2) is 76.9 Å². The van der Waals surface area contributed by atoms with Crippen molar-refractivity contribution in [3.05, 3.63) is 11.1 Å². The normalized spacial score (nSPS) is 22.7. The molecule has 1 unspecified atom stereocenters. The molecule has 1 aromatic rings. The maximum Gasteiger partial charge on any atom is 0.219 e. The highest BCUT2D eigenvalue weighted by Crippen LogP contribution is 2.22. The molecule has 0 saturated carbocycles. The second-order valence-corrected chi connectivity index (χ2v) is 8.29. The van der Waals surface area contributed by atoms with Crippen LogP contribution >= 0.6 is 11.3 Å². The minimum atomic E-state index is 0.183. The van der Waals surface area contributed by atoms with Gasteiger partial charge in [-0.1, -0.05) is 0 Å². The van der Waals surface area contributed by atoms with E-state index >= 15 is 0 Å². The Morgan fingerprint density at radius 1 is 1.32 bits per heavy atom. The van der Waals surface area contributed by atoms with Gasteiger partial charge in [0, 0.05) is 63.7 Å². The molecule has 0 bridgehead atoms. The summed E-state index contributed by atoms with van der Waals surface area (Å²) in [4.78, 5) is 23.1. The number of carbonyl (C=O) groups is 1. The molecule has 3 rings (SSSR count). The number of nitrogens with one attached hydrogen (secondary N) is 1. The van der Waals surface area contributed by atoms with Gasteiger partial charge in [-0.15, -0.1) is 11.3 Å². The third kappa shape index (κ3) is 4.92. The lowest BCUT2D eigenvalue weighted by atomic mass is 10.2. The Morgan fingerprint density at radius 2 is 2.08 bits per heavy atom. The van der Waals surface area contributed by atoms with Gasteiger partial charge >= 0.3 is 0 Å². The van der Waals surface area contributed by atoms with Gasteiger partial charge < -0.3 is 10.2 Å². The first-order valence-electron chi connectivity index (χ1n) is 9.45. The van der Waals surface area contributed by atoms with Crippen LogP contribution in [0.25, 0.3) is 0 Å². The fourth-order valence-corrected chi connectivity index (χ4v) is 4.58. The van der Waals surface area contributed by atoms with Crippen LogP contribution < -0.4 is 5.32 Å². The molecule has 25 heavy (non-hydrogen) atoms. The molecule has 7 heteroatoms. The summed E-state index contributed by atoms with van der Waals surface area (Å²) < 4.78 is 0. The van der Waals surface area contributed by atoms with Gasteiger partial charge in [0.25, 0.3) is 0 Å². The third-order valence-electron chi connectivity index (χ3n) is 5.33. The van der Waals surface area contributed by atoms with E-state index in [4.69, 9.17) is 4.98 Å². The van der Waals surface area contributed by atoms with Crippen LogP contribution in [-0.2, 0) is 11.3 Å². The van der Waals surface area contributed by atoms with Gasteiger partial charge in [0.1, 0.15) is 0 Å². The van der Waals surface area contributed by atoms with Crippen LogP contribution in [0.2, 0.25) is 0 Å². The number of hydrogen-bond acceptors (Lipinski definition) is 6. The van der Waals surface area contributed by atoms with Gasteiger partial charge in [0.2, 0.25) is 5.91 Å². The minimum Gasteiger partial charge on any atom is -0.360 e. The number of anilines is 1. The topological polar surface area (TPSA) is 51.7 Å². The largest absolute Gasteiger partial charge is 0.360 e. The lowest BCUT2D eigenvalue weighted by molar-refractivity contribution is -0.130. The van der Waals surface area contributed by atoms with Gasteiger partial charge in [-0.2, -0.15) is 0 Å². The molecule has 0 aliphatic carbocycles. The Hall–Kier alpha value is -1.18. The highest BCUT2D eigenvalue weighted by molar-refractivity contribution is 7.13. The van der Waals surface area contributed by atoms with Crippen LogP contribution in [0.15, 0.2) is 5.38 Å². The monoisotopic (exact) mass is 365 g/mol. The first-order valence-corrected chi connectivity index (χ1v) is 10.3. The van der Waals surface area contributed by atoms with Crippen molar-refractivity contribution in [1.29, 1.82) is 0 Å². The van der Waals surface area contributed by atoms with E-state index in [9.17, 15) is 4.79 Å². The SMILES string of the molecule is CC(=O)N1CCN(Cc2csc(NCC3CCCN3C(C)C)n2)CC1. The Kier molecular flexibility index (Phi) is 6.30. The van der Waals surface area contributed by atoms with Crippen LogP contribution in [0.3, 0.4) is 0 Å². The average molecular weight is 366 g/mol. The van der Waals surface area contributed by atoms with E-state index in [0.717, 1.165) is 50.1 Å². The zero-order chi connectivity index (χ0) is 17.8. The van der Waals surface area contributed by atoms with Crippen molar-refractivity contribution in [2.45, 2.75) is 52.2 Å². The van der Waals surface area contributed by atoms with Gasteiger partial charge in [0.15, 0.2) is 5.13 Å². The smallest absolute Gasteiger partial charge is 0.219 e. The molecule has 1 aromatic heterocycles. The van der Waals surface area contributed by atoms with E-state index in [0.29, 0.717) is 12.1 Å². The highest BCUT2D eigenvalue weighted by Gasteiger charge is 2.26. The molecular formula is C18H31N5OS. The Labute approximate surface area is 155 Å². The molecule has 1 atom stereocenters. The Balaban J connectivity index is 1.44. The summed E-state index contributed by atoms with van der Waals surface area (Å²) in [7, 11) is 0. The van der Waals surface area contributed by atoms with Gasteiger partial charge in [0.05, 0.1) is 5.69 Å². The van der Waals surface area contributed by atoms with Gasteiger partial charge in [-0.25, -0.2) is 4.98 Å². The van der Waals surface area contributed by atoms with Crippen molar-refractivity contribution in [1.82, 2.24) is 19.7 Å². The maximum atomic E-state index is 11.4. The number of amides is 1. The van der Waals surface area contributed by atoms with E-state index in [1.807, 2.05) is 4.90 Å². The number of nitrogens with zero attached hydrogens (tertiary/aromatic N) is 4. The standard InChI is InChI=1S/C18H31N5OS/c1-14(2)23-6-4-5-17(23)11-19-18-20-16(13-25-18)12-21-7-9-22(10-8-21)15(3)24/h13-14,17H,4-12H2,1-3H3,(H,19,20). The van der Waals surface area contributed by atoms with Crippen molar-refractivity contribution in [3.8, 4) is 0 Å². The molecule has 140 valence electrons. The third-order valence-corrected chi connectivity index (χ3v) is 6.18. The van der Waals surface area contributed by atoms with Crippen LogP contribution in [0.4, 0.5) is 5.13 Å². The van der Waals surface area contributed by atoms with Crippen LogP contribution in [0.5, 0.6) is 0 Å². The molecule has 2 aliphatic rings. The van der Waals surface area contributed by atoms with Gasteiger partial charge in [-0.05, 0) is 33.2 Å². The molecule has 0 radical (unpaired) electrons. The molecular weight excluding hydrogens is 334 g/mol. The maximum absolute atomic E-state index is 11.4. The first kappa shape index (κ1) is 18.6. The second-order valence-electron chi connectivity index (χ2n) is 7.43. The number of thiazole rings is 1. The summed E-state index contributed by atoms with van der Waals surface area (Å²) >= 11 is 1.70. The lowest BCUT2D eigenvalue weighted by Gasteiger charge is -2.33. The van der Waals surface area contributed by atoms with Crippen molar-refractivity contribution in [2.24, 2.45) is 0 Å². The molecule has 6 nitrogen and oxygen atoms in total. The number of hydrogen-bond donors (Lipinski definition) is 1. The van der Waals surface area contributed by atoms with Crippen molar-refractivity contribution >= 4 is 22.4 Å². The summed E-state index contributed by atoms with van der Waals surface area (Å²) in [6.07, 6.45) is 2.59. The Bertz CT molecular complexity index is 568. The van der Waals surface area contributed by atoms with Gasteiger partial charge in [-0.3, -0.25) is 14.6 Å². The van der Waals surface area contributed by atoms with E-state index in [2.05, 4.69) is 34.3 Å².